The fraction of sp³-hybridized carbons (Fsp3) is 0.467. The smallest absolute Gasteiger partial charge is 0.00853 e. The zero-order valence-electron chi connectivity index (χ0n) is 9.47. The molecular formula is C15H18. The van der Waals surface area contributed by atoms with E-state index in [0.29, 0.717) is 0 Å². The highest BCUT2D eigenvalue weighted by Gasteiger charge is 2.22. The van der Waals surface area contributed by atoms with Gasteiger partial charge in [0.1, 0.15) is 0 Å². The summed E-state index contributed by atoms with van der Waals surface area (Å²) in [7, 11) is 0. The van der Waals surface area contributed by atoms with E-state index in [2.05, 4.69) is 25.1 Å². The second-order valence-corrected chi connectivity index (χ2v) is 4.77. The Hall–Kier alpha value is -1.04. The Bertz CT molecular complexity index is 424. The van der Waals surface area contributed by atoms with Gasteiger partial charge in [-0.3, -0.25) is 0 Å². The second-order valence-electron chi connectivity index (χ2n) is 4.77. The van der Waals surface area contributed by atoms with Crippen LogP contribution in [0.2, 0.25) is 0 Å². The fourth-order valence-electron chi connectivity index (χ4n) is 3.12. The standard InChI is InChI=1S/C15H18/c1-2-4-12-9-10-13-8-7-11-5-3-6-14(11)15(12)13/h7-9H,2-6,10H2,1H3. The minimum absolute atomic E-state index is 1.18. The van der Waals surface area contributed by atoms with Crippen LogP contribution >= 0.6 is 0 Å². The molecule has 0 heterocycles. The molecule has 0 heteroatoms. The van der Waals surface area contributed by atoms with Crippen molar-refractivity contribution in [3.05, 3.63) is 40.5 Å². The number of aryl methyl sites for hydroxylation is 1. The van der Waals surface area contributed by atoms with Crippen LogP contribution in [0.25, 0.3) is 5.57 Å². The van der Waals surface area contributed by atoms with Gasteiger partial charge in [-0.1, -0.05) is 31.6 Å². The van der Waals surface area contributed by atoms with Gasteiger partial charge in [0.15, 0.2) is 0 Å². The molecule has 15 heavy (non-hydrogen) atoms. The molecule has 2 aliphatic carbocycles. The van der Waals surface area contributed by atoms with Crippen LogP contribution in [-0.2, 0) is 19.3 Å². The molecule has 1 aromatic rings. The van der Waals surface area contributed by atoms with Crippen LogP contribution < -0.4 is 0 Å². The van der Waals surface area contributed by atoms with Crippen LogP contribution in [0.15, 0.2) is 18.2 Å². The minimum atomic E-state index is 1.18. The SMILES string of the molecule is CCCC1=CCc2ccc3c(c21)CCC3. The van der Waals surface area contributed by atoms with Crippen LogP contribution in [-0.4, -0.2) is 0 Å². The molecule has 2 aliphatic rings. The van der Waals surface area contributed by atoms with Crippen LogP contribution in [0.5, 0.6) is 0 Å². The Morgan fingerprint density at radius 3 is 2.87 bits per heavy atom. The summed E-state index contributed by atoms with van der Waals surface area (Å²) < 4.78 is 0. The van der Waals surface area contributed by atoms with Gasteiger partial charge in [0.2, 0.25) is 0 Å². The average Bonchev–Trinajstić information content (AvgIpc) is 2.83. The van der Waals surface area contributed by atoms with E-state index < -0.39 is 0 Å². The largest absolute Gasteiger partial charge is 0.0763 e. The molecule has 0 bridgehead atoms. The molecular weight excluding hydrogens is 180 g/mol. The highest BCUT2D eigenvalue weighted by molar-refractivity contribution is 5.76. The first-order valence-corrected chi connectivity index (χ1v) is 6.23. The predicted molar refractivity (Wildman–Crippen MR) is 65.1 cm³/mol. The topological polar surface area (TPSA) is 0 Å². The molecule has 0 nitrogen and oxygen atoms in total. The molecule has 3 rings (SSSR count). The molecule has 1 aromatic carbocycles. The number of allylic oxidation sites excluding steroid dienone is 2. The first kappa shape index (κ1) is 9.21. The van der Waals surface area contributed by atoms with E-state index in [1.165, 1.54) is 38.5 Å². The van der Waals surface area contributed by atoms with E-state index >= 15 is 0 Å². The predicted octanol–water partition coefficient (Wildman–Crippen LogP) is 3.91. The monoisotopic (exact) mass is 198 g/mol. The Morgan fingerprint density at radius 1 is 1.13 bits per heavy atom. The normalized spacial score (nSPS) is 17.5. The highest BCUT2D eigenvalue weighted by Crippen LogP contribution is 2.38. The van der Waals surface area contributed by atoms with Crippen LogP contribution in [0, 0.1) is 0 Å². The van der Waals surface area contributed by atoms with Crippen molar-refractivity contribution in [1.29, 1.82) is 0 Å². The lowest BCUT2D eigenvalue weighted by Gasteiger charge is -2.11. The highest BCUT2D eigenvalue weighted by atomic mass is 14.3. The van der Waals surface area contributed by atoms with Gasteiger partial charge in [-0.05, 0) is 59.9 Å². The average molecular weight is 198 g/mol. The number of hydrogen-bond donors (Lipinski definition) is 0. The lowest BCUT2D eigenvalue weighted by Crippen LogP contribution is -1.94. The van der Waals surface area contributed by atoms with E-state index in [0.717, 1.165) is 0 Å². The van der Waals surface area contributed by atoms with Gasteiger partial charge in [0, 0.05) is 0 Å². The number of hydrogen-bond acceptors (Lipinski definition) is 0. The maximum atomic E-state index is 2.45. The van der Waals surface area contributed by atoms with Crippen molar-refractivity contribution in [3.8, 4) is 0 Å². The first-order valence-electron chi connectivity index (χ1n) is 6.23. The molecule has 0 fully saturated rings. The Balaban J connectivity index is 2.10. The number of benzene rings is 1. The molecule has 0 aromatic heterocycles. The van der Waals surface area contributed by atoms with Gasteiger partial charge >= 0.3 is 0 Å². The van der Waals surface area contributed by atoms with E-state index in [1.807, 2.05) is 0 Å². The number of fused-ring (bicyclic) bond motifs is 3. The molecule has 78 valence electrons. The van der Waals surface area contributed by atoms with Crippen molar-refractivity contribution in [2.24, 2.45) is 0 Å². The summed E-state index contributed by atoms with van der Waals surface area (Å²) in [6.45, 7) is 2.28. The summed E-state index contributed by atoms with van der Waals surface area (Å²) in [5.74, 6) is 0. The van der Waals surface area contributed by atoms with E-state index in [1.54, 1.807) is 27.8 Å². The summed E-state index contributed by atoms with van der Waals surface area (Å²) in [6, 6.07) is 4.72. The Kier molecular flexibility index (Phi) is 2.16. The molecule has 0 amide bonds. The lowest BCUT2D eigenvalue weighted by molar-refractivity contribution is 0.909. The van der Waals surface area contributed by atoms with Crippen molar-refractivity contribution >= 4 is 5.57 Å². The van der Waals surface area contributed by atoms with E-state index in [9.17, 15) is 0 Å². The summed E-state index contributed by atoms with van der Waals surface area (Å²) in [4.78, 5) is 0. The molecule has 0 aliphatic heterocycles. The fourth-order valence-corrected chi connectivity index (χ4v) is 3.12. The van der Waals surface area contributed by atoms with Gasteiger partial charge in [0.05, 0.1) is 0 Å². The summed E-state index contributed by atoms with van der Waals surface area (Å²) in [6.07, 6.45) is 10.2. The third kappa shape index (κ3) is 1.35. The summed E-state index contributed by atoms with van der Waals surface area (Å²) in [5, 5.41) is 0. The molecule has 0 spiro atoms. The van der Waals surface area contributed by atoms with Crippen molar-refractivity contribution in [1.82, 2.24) is 0 Å². The lowest BCUT2D eigenvalue weighted by atomic mass is 9.94. The Labute approximate surface area is 92.0 Å². The summed E-state index contributed by atoms with van der Waals surface area (Å²) >= 11 is 0. The molecule has 0 atom stereocenters. The zero-order chi connectivity index (χ0) is 10.3. The van der Waals surface area contributed by atoms with Crippen molar-refractivity contribution in [3.63, 3.8) is 0 Å². The van der Waals surface area contributed by atoms with Gasteiger partial charge in [0.25, 0.3) is 0 Å². The van der Waals surface area contributed by atoms with Crippen molar-refractivity contribution in [2.45, 2.75) is 45.4 Å². The maximum Gasteiger partial charge on any atom is -0.00853 e. The van der Waals surface area contributed by atoms with Gasteiger partial charge in [-0.25, -0.2) is 0 Å². The maximum absolute atomic E-state index is 2.45. The molecule has 0 saturated heterocycles. The van der Waals surface area contributed by atoms with E-state index in [-0.39, 0.29) is 0 Å². The quantitative estimate of drug-likeness (QED) is 0.675. The zero-order valence-corrected chi connectivity index (χ0v) is 9.47. The third-order valence-electron chi connectivity index (χ3n) is 3.78. The Morgan fingerprint density at radius 2 is 2.00 bits per heavy atom. The van der Waals surface area contributed by atoms with Crippen molar-refractivity contribution in [2.75, 3.05) is 0 Å². The third-order valence-corrected chi connectivity index (χ3v) is 3.78. The van der Waals surface area contributed by atoms with Gasteiger partial charge in [-0.15, -0.1) is 0 Å². The van der Waals surface area contributed by atoms with Gasteiger partial charge in [-0.2, -0.15) is 0 Å². The molecule has 0 radical (unpaired) electrons. The number of rotatable bonds is 2. The molecule has 0 unspecified atom stereocenters. The van der Waals surface area contributed by atoms with E-state index in [4.69, 9.17) is 0 Å². The van der Waals surface area contributed by atoms with Crippen LogP contribution in [0.1, 0.15) is 48.4 Å². The van der Waals surface area contributed by atoms with Crippen LogP contribution in [0.4, 0.5) is 0 Å². The van der Waals surface area contributed by atoms with Gasteiger partial charge < -0.3 is 0 Å². The van der Waals surface area contributed by atoms with Crippen molar-refractivity contribution < 1.29 is 0 Å². The summed E-state index contributed by atoms with van der Waals surface area (Å²) in [5.41, 5.74) is 8.17. The molecule has 0 saturated carbocycles. The van der Waals surface area contributed by atoms with Crippen LogP contribution in [0.3, 0.4) is 0 Å². The molecule has 0 N–H and O–H groups in total. The minimum Gasteiger partial charge on any atom is -0.0763 e. The first-order chi connectivity index (χ1) is 7.40. The second kappa shape index (κ2) is 3.52.